The van der Waals surface area contributed by atoms with Gasteiger partial charge in [-0.2, -0.15) is 5.11 Å². The summed E-state index contributed by atoms with van der Waals surface area (Å²) in [7, 11) is 0. The van der Waals surface area contributed by atoms with Crippen LogP contribution in [0.5, 0.6) is 0 Å². The molecule has 0 saturated carbocycles. The molecule has 0 bridgehead atoms. The Morgan fingerprint density at radius 3 is 2.64 bits per heavy atom. The van der Waals surface area contributed by atoms with Crippen LogP contribution >= 0.6 is 0 Å². The molecule has 1 aromatic rings. The summed E-state index contributed by atoms with van der Waals surface area (Å²) in [4.78, 5) is 22.5. The minimum atomic E-state index is -0.392. The summed E-state index contributed by atoms with van der Waals surface area (Å²) in [6, 6.07) is 0. The van der Waals surface area contributed by atoms with Crippen LogP contribution in [0.2, 0.25) is 0 Å². The normalized spacial score (nSPS) is 11.1. The fourth-order valence-electron chi connectivity index (χ4n) is 1.86. The lowest BCUT2D eigenvalue weighted by atomic mass is 10.5. The van der Waals surface area contributed by atoms with Crippen LogP contribution in [0.1, 0.15) is 19.5 Å². The molecule has 0 fully saturated rings. The van der Waals surface area contributed by atoms with Crippen molar-refractivity contribution in [2.75, 3.05) is 39.6 Å². The molecule has 0 radical (unpaired) electrons. The summed E-state index contributed by atoms with van der Waals surface area (Å²) in [6.07, 6.45) is 3.03. The summed E-state index contributed by atoms with van der Waals surface area (Å²) >= 11 is 0. The number of aromatic nitrogens is 3. The third-order valence-corrected chi connectivity index (χ3v) is 3.02. The molecule has 1 heterocycles. The fraction of sp³-hybridized carbons (Fsp3) is 0.625. The van der Waals surface area contributed by atoms with Crippen molar-refractivity contribution in [1.29, 1.82) is 5.53 Å². The topological polar surface area (TPSA) is 150 Å². The van der Waals surface area contributed by atoms with Crippen LogP contribution in [-0.4, -0.2) is 66.5 Å². The van der Waals surface area contributed by atoms with Gasteiger partial charge in [0.1, 0.15) is 24.5 Å². The Morgan fingerprint density at radius 2 is 1.93 bits per heavy atom. The fourth-order valence-corrected chi connectivity index (χ4v) is 1.86. The monoisotopic (exact) mass is 398 g/mol. The van der Waals surface area contributed by atoms with Gasteiger partial charge in [0.25, 0.3) is 0 Å². The second-order valence-corrected chi connectivity index (χ2v) is 5.25. The highest BCUT2D eigenvalue weighted by Crippen LogP contribution is 1.99. The van der Waals surface area contributed by atoms with Gasteiger partial charge in [-0.05, 0) is 13.8 Å². The van der Waals surface area contributed by atoms with Gasteiger partial charge < -0.3 is 24.3 Å². The molecule has 0 aliphatic heterocycles. The van der Waals surface area contributed by atoms with Gasteiger partial charge in [0.2, 0.25) is 0 Å². The van der Waals surface area contributed by atoms with Crippen molar-refractivity contribution in [1.82, 2.24) is 20.3 Å². The first kappa shape index (κ1) is 23.2. The van der Waals surface area contributed by atoms with E-state index in [4.69, 9.17) is 24.5 Å². The summed E-state index contributed by atoms with van der Waals surface area (Å²) in [5.74, 6) is -0.773. The largest absolute Gasteiger partial charge is 0.465 e. The van der Waals surface area contributed by atoms with Crippen molar-refractivity contribution in [2.45, 2.75) is 27.0 Å². The highest BCUT2D eigenvalue weighted by molar-refractivity contribution is 5.71. The van der Waals surface area contributed by atoms with Crippen molar-refractivity contribution in [2.24, 2.45) is 5.11 Å². The third kappa shape index (κ3) is 10.3. The summed E-state index contributed by atoms with van der Waals surface area (Å²) in [6.45, 7) is 4.97. The van der Waals surface area contributed by atoms with Gasteiger partial charge in [0.05, 0.1) is 45.8 Å². The van der Waals surface area contributed by atoms with Crippen LogP contribution in [0.15, 0.2) is 23.2 Å². The average Bonchev–Trinajstić information content (AvgIpc) is 3.10. The summed E-state index contributed by atoms with van der Waals surface area (Å²) in [5, 5.41) is 13.7. The zero-order chi connectivity index (χ0) is 20.6. The first-order valence-electron chi connectivity index (χ1n) is 8.74. The standard InChI is InChI=1S/C16H26N6O6/c1-3-27-15(23)8-18-7-13(19-17)11-25-5-6-26-12-14-9-22(21-20-14)10-16(24)28-4-2/h7,9,17-18H,3-6,8,10-12H2,1-2H3/b13-7-,19-17?. The molecule has 1 aromatic heterocycles. The lowest BCUT2D eigenvalue weighted by Gasteiger charge is -2.05. The quantitative estimate of drug-likeness (QED) is 0.243. The van der Waals surface area contributed by atoms with Crippen LogP contribution in [0.25, 0.3) is 0 Å². The molecule has 0 saturated heterocycles. The molecule has 0 atom stereocenters. The number of carbonyl (C=O) groups is 2. The minimum absolute atomic E-state index is 0.000110. The van der Waals surface area contributed by atoms with Crippen LogP contribution in [0.3, 0.4) is 0 Å². The first-order chi connectivity index (χ1) is 13.6. The van der Waals surface area contributed by atoms with E-state index in [1.54, 1.807) is 20.0 Å². The molecule has 12 heteroatoms. The molecule has 0 spiro atoms. The first-order valence-corrected chi connectivity index (χ1v) is 8.74. The third-order valence-electron chi connectivity index (χ3n) is 3.02. The Bertz CT molecular complexity index is 647. The van der Waals surface area contributed by atoms with Gasteiger partial charge in [-0.3, -0.25) is 9.59 Å². The number of rotatable bonds is 15. The lowest BCUT2D eigenvalue weighted by molar-refractivity contribution is -0.144. The Kier molecular flexibility index (Phi) is 11.8. The Labute approximate surface area is 162 Å². The maximum Gasteiger partial charge on any atom is 0.327 e. The Hall–Kier alpha value is -2.86. The maximum atomic E-state index is 11.4. The molecular formula is C16H26N6O6. The molecule has 12 nitrogen and oxygen atoms in total. The second-order valence-electron chi connectivity index (χ2n) is 5.25. The second kappa shape index (κ2) is 14.2. The van der Waals surface area contributed by atoms with Crippen molar-refractivity contribution >= 4 is 11.9 Å². The van der Waals surface area contributed by atoms with Crippen molar-refractivity contribution in [3.8, 4) is 0 Å². The van der Waals surface area contributed by atoms with E-state index < -0.39 is 5.97 Å². The minimum Gasteiger partial charge on any atom is -0.465 e. The van der Waals surface area contributed by atoms with Crippen LogP contribution < -0.4 is 5.32 Å². The lowest BCUT2D eigenvalue weighted by Crippen LogP contribution is -2.21. The van der Waals surface area contributed by atoms with E-state index in [9.17, 15) is 9.59 Å². The average molecular weight is 398 g/mol. The molecule has 0 unspecified atom stereocenters. The highest BCUT2D eigenvalue weighted by Gasteiger charge is 2.06. The SMILES string of the molecule is CCOC(=O)CN/C=C(/COCCOCc1cn(CC(=O)OCC)nn1)N=N. The molecule has 0 aromatic carbocycles. The smallest absolute Gasteiger partial charge is 0.327 e. The summed E-state index contributed by atoms with van der Waals surface area (Å²) < 4.78 is 21.7. The van der Waals surface area contributed by atoms with E-state index in [2.05, 4.69) is 20.7 Å². The number of esters is 2. The molecular weight excluding hydrogens is 372 g/mol. The van der Waals surface area contributed by atoms with Gasteiger partial charge >= 0.3 is 11.9 Å². The predicted molar refractivity (Wildman–Crippen MR) is 95.0 cm³/mol. The zero-order valence-corrected chi connectivity index (χ0v) is 16.0. The van der Waals surface area contributed by atoms with E-state index in [1.807, 2.05) is 0 Å². The number of ether oxygens (including phenoxy) is 4. The number of carbonyl (C=O) groups excluding carboxylic acids is 2. The number of nitrogens with zero attached hydrogens (tertiary/aromatic N) is 4. The highest BCUT2D eigenvalue weighted by atomic mass is 16.5. The van der Waals surface area contributed by atoms with Crippen molar-refractivity contribution < 1.29 is 28.5 Å². The van der Waals surface area contributed by atoms with E-state index in [0.29, 0.717) is 31.2 Å². The van der Waals surface area contributed by atoms with Crippen LogP contribution in [-0.2, 0) is 41.7 Å². The number of nitrogens with one attached hydrogen (secondary N) is 2. The van der Waals surface area contributed by atoms with Crippen molar-refractivity contribution in [3.63, 3.8) is 0 Å². The molecule has 156 valence electrons. The van der Waals surface area contributed by atoms with E-state index in [-0.39, 0.29) is 38.9 Å². The van der Waals surface area contributed by atoms with Gasteiger partial charge in [-0.25, -0.2) is 10.2 Å². The number of hydrogen-bond acceptors (Lipinski definition) is 11. The van der Waals surface area contributed by atoms with Crippen molar-refractivity contribution in [3.05, 3.63) is 23.8 Å². The van der Waals surface area contributed by atoms with Crippen LogP contribution in [0.4, 0.5) is 0 Å². The molecule has 2 N–H and O–H groups in total. The van der Waals surface area contributed by atoms with E-state index in [0.717, 1.165) is 0 Å². The molecule has 28 heavy (non-hydrogen) atoms. The van der Waals surface area contributed by atoms with Crippen LogP contribution in [0, 0.1) is 5.53 Å². The molecule has 1 rings (SSSR count). The molecule has 0 amide bonds. The van der Waals surface area contributed by atoms with Gasteiger partial charge in [-0.15, -0.1) is 5.10 Å². The van der Waals surface area contributed by atoms with E-state index in [1.165, 1.54) is 10.9 Å². The van der Waals surface area contributed by atoms with Gasteiger partial charge in [0, 0.05) is 6.20 Å². The van der Waals surface area contributed by atoms with Gasteiger partial charge in [0.15, 0.2) is 0 Å². The number of hydrogen-bond donors (Lipinski definition) is 2. The van der Waals surface area contributed by atoms with Gasteiger partial charge in [-0.1, -0.05) is 5.21 Å². The zero-order valence-electron chi connectivity index (χ0n) is 16.0. The maximum absolute atomic E-state index is 11.4. The summed E-state index contributed by atoms with van der Waals surface area (Å²) in [5.41, 5.74) is 7.97. The Morgan fingerprint density at radius 1 is 1.21 bits per heavy atom. The molecule has 0 aliphatic rings. The Balaban J connectivity index is 2.16. The predicted octanol–water partition coefficient (Wildman–Crippen LogP) is 0.399. The van der Waals surface area contributed by atoms with E-state index >= 15 is 0 Å². The molecule has 0 aliphatic carbocycles.